The minimum Gasteiger partial charge on any atom is -0.345 e. The Morgan fingerprint density at radius 1 is 1.09 bits per heavy atom. The second-order valence-corrected chi connectivity index (χ2v) is 9.91. The molecule has 0 radical (unpaired) electrons. The van der Waals surface area contributed by atoms with Gasteiger partial charge in [-0.25, -0.2) is 0 Å². The molecule has 2 saturated heterocycles. The van der Waals surface area contributed by atoms with Gasteiger partial charge in [-0.2, -0.15) is 0 Å². The number of carbonyl (C=O) groups excluding carboxylic acids is 2. The van der Waals surface area contributed by atoms with E-state index in [9.17, 15) is 9.59 Å². The number of nitrogens with zero attached hydrogens (tertiary/aromatic N) is 3. The lowest BCUT2D eigenvalue weighted by Gasteiger charge is -2.33. The fourth-order valence-electron chi connectivity index (χ4n) is 5.07. The number of carbonyl (C=O) groups is 2. The first-order valence-electron chi connectivity index (χ1n) is 12.1. The Kier molecular flexibility index (Phi) is 8.05. The minimum absolute atomic E-state index is 0.0246. The Hall–Kier alpha value is -2.37. The van der Waals surface area contributed by atoms with E-state index in [0.717, 1.165) is 37.7 Å². The highest BCUT2D eigenvalue weighted by atomic mass is 35.5. The average Bonchev–Trinajstić information content (AvgIpc) is 3.16. The summed E-state index contributed by atoms with van der Waals surface area (Å²) >= 11 is 6.22. The topological polar surface area (TPSA) is 43.9 Å². The highest BCUT2D eigenvalue weighted by Gasteiger charge is 2.35. The molecular formula is C27H34ClN3O2. The predicted octanol–water partition coefficient (Wildman–Crippen LogP) is 4.50. The zero-order valence-corrected chi connectivity index (χ0v) is 20.2. The van der Waals surface area contributed by atoms with Crippen molar-refractivity contribution in [3.8, 4) is 0 Å². The molecule has 176 valence electrons. The quantitative estimate of drug-likeness (QED) is 0.574. The molecule has 4 rings (SSSR count). The average molecular weight is 468 g/mol. The number of amides is 2. The van der Waals surface area contributed by atoms with Crippen LogP contribution in [0, 0.1) is 11.8 Å². The van der Waals surface area contributed by atoms with Crippen molar-refractivity contribution in [2.45, 2.75) is 32.1 Å². The number of rotatable bonds is 8. The number of likely N-dealkylation sites (tertiary alicyclic amines) is 2. The molecule has 2 aliphatic rings. The number of anilines is 1. The van der Waals surface area contributed by atoms with Gasteiger partial charge in [0.25, 0.3) is 0 Å². The van der Waals surface area contributed by atoms with E-state index in [0.29, 0.717) is 24.5 Å². The first-order chi connectivity index (χ1) is 16.0. The molecule has 2 aromatic carbocycles. The Morgan fingerprint density at radius 2 is 1.85 bits per heavy atom. The SMILES string of the molecule is CN1CC(C(=O)N(CCCN2CCC(Cc3ccccc3)CC2)c2cccc(Cl)c2)CC1=O. The van der Waals surface area contributed by atoms with E-state index >= 15 is 0 Å². The molecule has 2 heterocycles. The summed E-state index contributed by atoms with van der Waals surface area (Å²) in [5.74, 6) is 0.537. The molecule has 2 amide bonds. The summed E-state index contributed by atoms with van der Waals surface area (Å²) in [6.07, 6.45) is 4.81. The van der Waals surface area contributed by atoms with Crippen molar-refractivity contribution >= 4 is 29.1 Å². The van der Waals surface area contributed by atoms with Gasteiger partial charge in [0.05, 0.1) is 5.92 Å². The van der Waals surface area contributed by atoms with Crippen molar-refractivity contribution in [2.24, 2.45) is 11.8 Å². The van der Waals surface area contributed by atoms with E-state index in [1.165, 1.54) is 24.8 Å². The van der Waals surface area contributed by atoms with Crippen LogP contribution < -0.4 is 4.90 Å². The number of hydrogen-bond donors (Lipinski definition) is 0. The van der Waals surface area contributed by atoms with Gasteiger partial charge in [-0.05, 0) is 75.0 Å². The molecule has 2 fully saturated rings. The van der Waals surface area contributed by atoms with Gasteiger partial charge in [-0.15, -0.1) is 0 Å². The summed E-state index contributed by atoms with van der Waals surface area (Å²) in [6, 6.07) is 18.2. The summed E-state index contributed by atoms with van der Waals surface area (Å²) in [7, 11) is 1.76. The summed E-state index contributed by atoms with van der Waals surface area (Å²) < 4.78 is 0. The molecule has 2 aromatic rings. The van der Waals surface area contributed by atoms with E-state index in [1.54, 1.807) is 11.9 Å². The zero-order chi connectivity index (χ0) is 23.2. The summed E-state index contributed by atoms with van der Waals surface area (Å²) in [6.45, 7) is 4.34. The van der Waals surface area contributed by atoms with E-state index < -0.39 is 0 Å². The largest absolute Gasteiger partial charge is 0.345 e. The van der Waals surface area contributed by atoms with Gasteiger partial charge < -0.3 is 14.7 Å². The standard InChI is InChI=1S/C27H34ClN3O2/c1-29-20-23(18-26(29)32)27(33)31(25-10-5-9-24(28)19-25)14-6-13-30-15-11-22(12-16-30)17-21-7-3-2-4-8-21/h2-5,7-10,19,22-23H,6,11-18,20H2,1H3. The smallest absolute Gasteiger partial charge is 0.232 e. The molecule has 0 saturated carbocycles. The third-order valence-corrected chi connectivity index (χ3v) is 7.24. The van der Waals surface area contributed by atoms with Gasteiger partial charge in [0, 0.05) is 37.3 Å². The lowest BCUT2D eigenvalue weighted by Crippen LogP contribution is -2.40. The molecule has 5 nitrogen and oxygen atoms in total. The molecule has 33 heavy (non-hydrogen) atoms. The van der Waals surface area contributed by atoms with Crippen molar-refractivity contribution in [3.63, 3.8) is 0 Å². The number of halogens is 1. The first-order valence-corrected chi connectivity index (χ1v) is 12.4. The highest BCUT2D eigenvalue weighted by molar-refractivity contribution is 6.30. The number of hydrogen-bond acceptors (Lipinski definition) is 3. The normalized spacial score (nSPS) is 19.8. The first kappa shape index (κ1) is 23.8. The minimum atomic E-state index is -0.282. The summed E-state index contributed by atoms with van der Waals surface area (Å²) in [4.78, 5) is 31.3. The van der Waals surface area contributed by atoms with Gasteiger partial charge in [-0.1, -0.05) is 48.0 Å². The maximum atomic E-state index is 13.3. The van der Waals surface area contributed by atoms with Crippen LogP contribution >= 0.6 is 11.6 Å². The van der Waals surface area contributed by atoms with Crippen LogP contribution in [0.4, 0.5) is 5.69 Å². The molecule has 2 aliphatic heterocycles. The molecule has 1 atom stereocenters. The van der Waals surface area contributed by atoms with E-state index in [-0.39, 0.29) is 17.7 Å². The summed E-state index contributed by atoms with van der Waals surface area (Å²) in [5.41, 5.74) is 2.25. The molecule has 0 aromatic heterocycles. The van der Waals surface area contributed by atoms with Crippen molar-refractivity contribution in [2.75, 3.05) is 44.7 Å². The molecule has 6 heteroatoms. The van der Waals surface area contributed by atoms with Crippen molar-refractivity contribution in [3.05, 3.63) is 65.2 Å². The lowest BCUT2D eigenvalue weighted by molar-refractivity contribution is -0.127. The second-order valence-electron chi connectivity index (χ2n) is 9.47. The molecular weight excluding hydrogens is 434 g/mol. The molecule has 0 spiro atoms. The van der Waals surface area contributed by atoms with Crippen molar-refractivity contribution in [1.82, 2.24) is 9.80 Å². The maximum Gasteiger partial charge on any atom is 0.232 e. The maximum absolute atomic E-state index is 13.3. The van der Waals surface area contributed by atoms with Crippen LogP contribution in [0.5, 0.6) is 0 Å². The zero-order valence-electron chi connectivity index (χ0n) is 19.5. The van der Waals surface area contributed by atoms with E-state index in [4.69, 9.17) is 11.6 Å². The van der Waals surface area contributed by atoms with Crippen LogP contribution in [0.1, 0.15) is 31.2 Å². The number of benzene rings is 2. The fraction of sp³-hybridized carbons (Fsp3) is 0.481. The Balaban J connectivity index is 1.30. The summed E-state index contributed by atoms with van der Waals surface area (Å²) in [5, 5.41) is 0.616. The molecule has 0 aliphatic carbocycles. The Labute approximate surface area is 202 Å². The highest BCUT2D eigenvalue weighted by Crippen LogP contribution is 2.26. The van der Waals surface area contributed by atoms with Crippen LogP contribution in [-0.2, 0) is 16.0 Å². The third kappa shape index (κ3) is 6.36. The van der Waals surface area contributed by atoms with Crippen molar-refractivity contribution < 1.29 is 9.59 Å². The molecule has 1 unspecified atom stereocenters. The van der Waals surface area contributed by atoms with E-state index in [2.05, 4.69) is 35.2 Å². The molecule has 0 bridgehead atoms. The van der Waals surface area contributed by atoms with Crippen molar-refractivity contribution in [1.29, 1.82) is 0 Å². The fourth-order valence-corrected chi connectivity index (χ4v) is 5.26. The third-order valence-electron chi connectivity index (χ3n) is 7.01. The van der Waals surface area contributed by atoms with Gasteiger partial charge in [0.2, 0.25) is 11.8 Å². The van der Waals surface area contributed by atoms with Gasteiger partial charge >= 0.3 is 0 Å². The van der Waals surface area contributed by atoms with Crippen LogP contribution in [0.25, 0.3) is 0 Å². The lowest BCUT2D eigenvalue weighted by atomic mass is 9.90. The van der Waals surface area contributed by atoms with E-state index in [1.807, 2.05) is 29.2 Å². The Morgan fingerprint density at radius 3 is 2.52 bits per heavy atom. The van der Waals surface area contributed by atoms with Gasteiger partial charge in [0.15, 0.2) is 0 Å². The second kappa shape index (κ2) is 11.2. The van der Waals surface area contributed by atoms with Crippen LogP contribution in [0.2, 0.25) is 5.02 Å². The number of piperidine rings is 1. The predicted molar refractivity (Wildman–Crippen MR) is 133 cm³/mol. The van der Waals surface area contributed by atoms with Gasteiger partial charge in [0.1, 0.15) is 0 Å². The van der Waals surface area contributed by atoms with Crippen LogP contribution in [0.3, 0.4) is 0 Å². The van der Waals surface area contributed by atoms with Gasteiger partial charge in [-0.3, -0.25) is 9.59 Å². The monoisotopic (exact) mass is 467 g/mol. The van der Waals surface area contributed by atoms with Crippen LogP contribution in [0.15, 0.2) is 54.6 Å². The molecule has 0 N–H and O–H groups in total. The Bertz CT molecular complexity index is 943. The van der Waals surface area contributed by atoms with Crippen LogP contribution in [-0.4, -0.2) is 61.4 Å².